The molecule has 0 spiro atoms. The van der Waals surface area contributed by atoms with Crippen molar-refractivity contribution in [1.82, 2.24) is 5.32 Å². The van der Waals surface area contributed by atoms with Gasteiger partial charge in [-0.3, -0.25) is 4.79 Å². The summed E-state index contributed by atoms with van der Waals surface area (Å²) < 4.78 is 11.1. The van der Waals surface area contributed by atoms with Gasteiger partial charge in [-0.15, -0.1) is 0 Å². The fourth-order valence-electron chi connectivity index (χ4n) is 2.76. The predicted molar refractivity (Wildman–Crippen MR) is 100 cm³/mol. The SMILES string of the molecule is CC[C@H](NC(=O)[C@H](C)Oc1ccccc1C)c1ccc(OC)c(C)c1. The van der Waals surface area contributed by atoms with Crippen LogP contribution in [-0.4, -0.2) is 19.1 Å². The first-order valence-corrected chi connectivity index (χ1v) is 8.63. The zero-order chi connectivity index (χ0) is 18.4. The van der Waals surface area contributed by atoms with Crippen LogP contribution in [0.25, 0.3) is 0 Å². The molecule has 4 nitrogen and oxygen atoms in total. The largest absolute Gasteiger partial charge is 0.496 e. The van der Waals surface area contributed by atoms with Crippen LogP contribution in [0.1, 0.15) is 43.0 Å². The maximum Gasteiger partial charge on any atom is 0.261 e. The molecule has 1 amide bonds. The van der Waals surface area contributed by atoms with Crippen molar-refractivity contribution < 1.29 is 14.3 Å². The van der Waals surface area contributed by atoms with Gasteiger partial charge in [0.2, 0.25) is 0 Å². The van der Waals surface area contributed by atoms with E-state index in [2.05, 4.69) is 18.3 Å². The van der Waals surface area contributed by atoms with Crippen LogP contribution in [0.3, 0.4) is 0 Å². The predicted octanol–water partition coefficient (Wildman–Crippen LogP) is 4.35. The summed E-state index contributed by atoms with van der Waals surface area (Å²) in [5, 5.41) is 3.08. The van der Waals surface area contributed by atoms with Crippen molar-refractivity contribution in [1.29, 1.82) is 0 Å². The lowest BCUT2D eigenvalue weighted by Gasteiger charge is -2.22. The van der Waals surface area contributed by atoms with Crippen LogP contribution in [0, 0.1) is 13.8 Å². The van der Waals surface area contributed by atoms with Gasteiger partial charge < -0.3 is 14.8 Å². The average molecular weight is 341 g/mol. The number of hydrogen-bond donors (Lipinski definition) is 1. The second-order valence-corrected chi connectivity index (χ2v) is 6.22. The molecule has 2 aromatic carbocycles. The molecule has 0 saturated carbocycles. The highest BCUT2D eigenvalue weighted by atomic mass is 16.5. The van der Waals surface area contributed by atoms with E-state index >= 15 is 0 Å². The van der Waals surface area contributed by atoms with Gasteiger partial charge in [0.25, 0.3) is 5.91 Å². The molecule has 134 valence electrons. The van der Waals surface area contributed by atoms with Gasteiger partial charge in [-0.05, 0) is 56.0 Å². The second kappa shape index (κ2) is 8.56. The molecule has 0 heterocycles. The number of para-hydroxylation sites is 1. The first-order chi connectivity index (χ1) is 12.0. The normalized spacial score (nSPS) is 13.0. The zero-order valence-electron chi connectivity index (χ0n) is 15.6. The molecular weight excluding hydrogens is 314 g/mol. The van der Waals surface area contributed by atoms with Gasteiger partial charge in [0.15, 0.2) is 6.10 Å². The Morgan fingerprint density at radius 1 is 1.08 bits per heavy atom. The maximum absolute atomic E-state index is 12.5. The molecular formula is C21H27NO3. The topological polar surface area (TPSA) is 47.6 Å². The molecule has 0 aliphatic carbocycles. The third-order valence-electron chi connectivity index (χ3n) is 4.31. The van der Waals surface area contributed by atoms with Crippen molar-refractivity contribution in [3.8, 4) is 11.5 Å². The van der Waals surface area contributed by atoms with E-state index in [1.165, 1.54) is 0 Å². The Bertz CT molecular complexity index is 727. The number of methoxy groups -OCH3 is 1. The molecule has 0 unspecified atom stereocenters. The highest BCUT2D eigenvalue weighted by Gasteiger charge is 2.20. The van der Waals surface area contributed by atoms with Gasteiger partial charge in [-0.1, -0.05) is 37.3 Å². The molecule has 1 N–H and O–H groups in total. The van der Waals surface area contributed by atoms with Crippen LogP contribution < -0.4 is 14.8 Å². The summed E-state index contributed by atoms with van der Waals surface area (Å²) in [6.07, 6.45) is 0.240. The Morgan fingerprint density at radius 2 is 1.80 bits per heavy atom. The zero-order valence-corrected chi connectivity index (χ0v) is 15.6. The number of carbonyl (C=O) groups is 1. The van der Waals surface area contributed by atoms with Crippen LogP contribution in [0.2, 0.25) is 0 Å². The lowest BCUT2D eigenvalue weighted by molar-refractivity contribution is -0.128. The summed E-state index contributed by atoms with van der Waals surface area (Å²) in [5.74, 6) is 1.46. The van der Waals surface area contributed by atoms with Crippen molar-refractivity contribution in [2.75, 3.05) is 7.11 Å². The van der Waals surface area contributed by atoms with Crippen molar-refractivity contribution in [2.45, 2.75) is 46.3 Å². The Kier molecular flexibility index (Phi) is 6.45. The number of rotatable bonds is 7. The second-order valence-electron chi connectivity index (χ2n) is 6.22. The molecule has 0 aliphatic rings. The summed E-state index contributed by atoms with van der Waals surface area (Å²) in [6.45, 7) is 7.79. The van der Waals surface area contributed by atoms with Gasteiger partial charge in [0.1, 0.15) is 11.5 Å². The lowest BCUT2D eigenvalue weighted by atomic mass is 10.0. The number of benzene rings is 2. The van der Waals surface area contributed by atoms with E-state index in [-0.39, 0.29) is 11.9 Å². The Morgan fingerprint density at radius 3 is 2.40 bits per heavy atom. The third-order valence-corrected chi connectivity index (χ3v) is 4.31. The fourth-order valence-corrected chi connectivity index (χ4v) is 2.76. The van der Waals surface area contributed by atoms with Crippen LogP contribution in [0.4, 0.5) is 0 Å². The monoisotopic (exact) mass is 341 g/mol. The van der Waals surface area contributed by atoms with Gasteiger partial charge in [-0.25, -0.2) is 0 Å². The standard InChI is InChI=1S/C21H27NO3/c1-6-18(17-11-12-19(24-5)15(3)13-17)22-21(23)16(4)25-20-10-8-7-9-14(20)2/h7-13,16,18H,6H2,1-5H3,(H,22,23)/t16-,18-/m0/s1. The summed E-state index contributed by atoms with van der Waals surface area (Å²) in [7, 11) is 1.66. The Balaban J connectivity index is 2.06. The summed E-state index contributed by atoms with van der Waals surface area (Å²) >= 11 is 0. The quantitative estimate of drug-likeness (QED) is 0.814. The number of aryl methyl sites for hydroxylation is 2. The number of hydrogen-bond acceptors (Lipinski definition) is 3. The molecule has 0 bridgehead atoms. The molecule has 0 aliphatic heterocycles. The molecule has 2 aromatic rings. The Hall–Kier alpha value is -2.49. The smallest absolute Gasteiger partial charge is 0.261 e. The minimum absolute atomic E-state index is 0.0555. The number of carbonyl (C=O) groups excluding carboxylic acids is 1. The third kappa shape index (κ3) is 4.75. The molecule has 25 heavy (non-hydrogen) atoms. The van der Waals surface area contributed by atoms with Gasteiger partial charge >= 0.3 is 0 Å². The molecule has 2 atom stereocenters. The summed E-state index contributed by atoms with van der Waals surface area (Å²) in [6, 6.07) is 13.6. The first kappa shape index (κ1) is 18.8. The van der Waals surface area contributed by atoms with Crippen molar-refractivity contribution in [3.63, 3.8) is 0 Å². The number of nitrogens with one attached hydrogen (secondary N) is 1. The number of ether oxygens (including phenoxy) is 2. The van der Waals surface area contributed by atoms with Crippen molar-refractivity contribution in [2.24, 2.45) is 0 Å². The molecule has 0 saturated heterocycles. The summed E-state index contributed by atoms with van der Waals surface area (Å²) in [5.41, 5.74) is 3.13. The van der Waals surface area contributed by atoms with E-state index < -0.39 is 6.10 Å². The van der Waals surface area contributed by atoms with Crippen molar-refractivity contribution in [3.05, 3.63) is 59.2 Å². The molecule has 0 radical (unpaired) electrons. The van der Waals surface area contributed by atoms with E-state index in [0.717, 1.165) is 34.6 Å². The van der Waals surface area contributed by atoms with E-state index in [9.17, 15) is 4.79 Å². The minimum atomic E-state index is -0.561. The van der Waals surface area contributed by atoms with Crippen LogP contribution in [0.5, 0.6) is 11.5 Å². The minimum Gasteiger partial charge on any atom is -0.496 e. The average Bonchev–Trinajstić information content (AvgIpc) is 2.61. The van der Waals surface area contributed by atoms with Crippen LogP contribution in [-0.2, 0) is 4.79 Å². The summed E-state index contributed by atoms with van der Waals surface area (Å²) in [4.78, 5) is 12.5. The van der Waals surface area contributed by atoms with E-state index in [1.807, 2.05) is 50.2 Å². The molecule has 2 rings (SSSR count). The Labute approximate surface area is 150 Å². The highest BCUT2D eigenvalue weighted by Crippen LogP contribution is 2.24. The molecule has 0 aromatic heterocycles. The first-order valence-electron chi connectivity index (χ1n) is 8.63. The van der Waals surface area contributed by atoms with E-state index in [0.29, 0.717) is 0 Å². The molecule has 4 heteroatoms. The highest BCUT2D eigenvalue weighted by molar-refractivity contribution is 5.81. The molecule has 0 fully saturated rings. The maximum atomic E-state index is 12.5. The fraction of sp³-hybridized carbons (Fsp3) is 0.381. The van der Waals surface area contributed by atoms with E-state index in [1.54, 1.807) is 14.0 Å². The van der Waals surface area contributed by atoms with Crippen LogP contribution >= 0.6 is 0 Å². The van der Waals surface area contributed by atoms with Gasteiger partial charge in [0.05, 0.1) is 13.2 Å². The lowest BCUT2D eigenvalue weighted by Crippen LogP contribution is -2.38. The van der Waals surface area contributed by atoms with E-state index in [4.69, 9.17) is 9.47 Å². The van der Waals surface area contributed by atoms with Gasteiger partial charge in [-0.2, -0.15) is 0 Å². The van der Waals surface area contributed by atoms with Gasteiger partial charge in [0, 0.05) is 0 Å². The number of amides is 1. The van der Waals surface area contributed by atoms with Crippen molar-refractivity contribution >= 4 is 5.91 Å². The van der Waals surface area contributed by atoms with Crippen LogP contribution in [0.15, 0.2) is 42.5 Å².